The molecule has 5 heteroatoms. The summed E-state index contributed by atoms with van der Waals surface area (Å²) in [5, 5.41) is 9.27. The van der Waals surface area contributed by atoms with Crippen LogP contribution in [-0.4, -0.2) is 41.0 Å². The number of carbonyl (C=O) groups excluding carboxylic acids is 1. The standard InChI is InChI=1S/C14H24N2O3/c15-12(17)6-5-11(13(18)19)16-9-14(10-16)7-3-1-2-4-8-14/h11H,1-10H2,(H2,15,17)(H,18,19). The van der Waals surface area contributed by atoms with E-state index in [1.807, 2.05) is 4.90 Å². The largest absolute Gasteiger partial charge is 0.480 e. The fraction of sp³-hybridized carbons (Fsp3) is 0.857. The zero-order chi connectivity index (χ0) is 13.9. The van der Waals surface area contributed by atoms with Crippen LogP contribution in [0.4, 0.5) is 0 Å². The van der Waals surface area contributed by atoms with Gasteiger partial charge in [-0.05, 0) is 24.7 Å². The first kappa shape index (κ1) is 14.3. The van der Waals surface area contributed by atoms with Crippen LogP contribution in [0.15, 0.2) is 0 Å². The van der Waals surface area contributed by atoms with Crippen LogP contribution in [-0.2, 0) is 9.59 Å². The molecule has 108 valence electrons. The predicted octanol–water partition coefficient (Wildman–Crippen LogP) is 1.36. The van der Waals surface area contributed by atoms with Gasteiger partial charge in [0.15, 0.2) is 0 Å². The molecule has 1 saturated carbocycles. The molecule has 0 aromatic heterocycles. The number of primary amides is 1. The van der Waals surface area contributed by atoms with Gasteiger partial charge in [0.1, 0.15) is 6.04 Å². The number of aliphatic carboxylic acids is 1. The summed E-state index contributed by atoms with van der Waals surface area (Å²) in [6.07, 6.45) is 8.11. The number of carbonyl (C=O) groups is 2. The first-order valence-electron chi connectivity index (χ1n) is 7.28. The van der Waals surface area contributed by atoms with E-state index in [-0.39, 0.29) is 6.42 Å². The Labute approximate surface area is 114 Å². The summed E-state index contributed by atoms with van der Waals surface area (Å²) in [6.45, 7) is 1.76. The van der Waals surface area contributed by atoms with E-state index < -0.39 is 17.9 Å². The molecule has 2 aliphatic rings. The summed E-state index contributed by atoms with van der Waals surface area (Å²) in [5.74, 6) is -1.25. The molecule has 1 unspecified atom stereocenters. The Morgan fingerprint density at radius 3 is 2.21 bits per heavy atom. The number of hydrogen-bond donors (Lipinski definition) is 2. The molecule has 1 saturated heterocycles. The van der Waals surface area contributed by atoms with Gasteiger partial charge in [0.2, 0.25) is 5.91 Å². The SMILES string of the molecule is NC(=O)CCC(C(=O)O)N1CC2(CCCCCC2)C1. The Balaban J connectivity index is 1.88. The number of carboxylic acid groups (broad SMARTS) is 1. The van der Waals surface area contributed by atoms with Crippen LogP contribution >= 0.6 is 0 Å². The Morgan fingerprint density at radius 1 is 1.16 bits per heavy atom. The molecular weight excluding hydrogens is 244 g/mol. The van der Waals surface area contributed by atoms with Gasteiger partial charge in [-0.1, -0.05) is 25.7 Å². The van der Waals surface area contributed by atoms with Crippen molar-refractivity contribution in [3.05, 3.63) is 0 Å². The van der Waals surface area contributed by atoms with Gasteiger partial charge in [-0.3, -0.25) is 14.5 Å². The lowest BCUT2D eigenvalue weighted by molar-refractivity contribution is -0.150. The van der Waals surface area contributed by atoms with E-state index >= 15 is 0 Å². The minimum Gasteiger partial charge on any atom is -0.480 e. The van der Waals surface area contributed by atoms with Crippen LogP contribution in [0, 0.1) is 5.41 Å². The highest BCUT2D eigenvalue weighted by atomic mass is 16.4. The highest BCUT2D eigenvalue weighted by Gasteiger charge is 2.46. The van der Waals surface area contributed by atoms with Gasteiger partial charge >= 0.3 is 5.97 Å². The van der Waals surface area contributed by atoms with Crippen molar-refractivity contribution in [2.75, 3.05) is 13.1 Å². The van der Waals surface area contributed by atoms with Crippen LogP contribution < -0.4 is 5.73 Å². The molecule has 1 spiro atoms. The number of nitrogens with two attached hydrogens (primary N) is 1. The van der Waals surface area contributed by atoms with E-state index in [1.165, 1.54) is 38.5 Å². The normalized spacial score (nSPS) is 24.4. The summed E-state index contributed by atoms with van der Waals surface area (Å²) in [7, 11) is 0. The number of nitrogens with zero attached hydrogens (tertiary/aromatic N) is 1. The van der Waals surface area contributed by atoms with E-state index in [9.17, 15) is 14.7 Å². The van der Waals surface area contributed by atoms with Gasteiger partial charge in [-0.2, -0.15) is 0 Å². The van der Waals surface area contributed by atoms with E-state index in [0.29, 0.717) is 11.8 Å². The smallest absolute Gasteiger partial charge is 0.320 e. The molecule has 2 fully saturated rings. The van der Waals surface area contributed by atoms with Crippen LogP contribution in [0.25, 0.3) is 0 Å². The fourth-order valence-electron chi connectivity index (χ4n) is 3.57. The van der Waals surface area contributed by atoms with E-state index in [2.05, 4.69) is 0 Å². The van der Waals surface area contributed by atoms with Crippen molar-refractivity contribution in [2.24, 2.45) is 11.1 Å². The Hall–Kier alpha value is -1.10. The molecule has 1 aliphatic heterocycles. The Kier molecular flexibility index (Phi) is 4.45. The monoisotopic (exact) mass is 268 g/mol. The molecular formula is C14H24N2O3. The summed E-state index contributed by atoms with van der Waals surface area (Å²) in [4.78, 5) is 24.1. The van der Waals surface area contributed by atoms with Crippen molar-refractivity contribution in [2.45, 2.75) is 57.4 Å². The lowest BCUT2D eigenvalue weighted by atomic mass is 9.72. The zero-order valence-electron chi connectivity index (χ0n) is 11.4. The number of carboxylic acids is 1. The molecule has 0 bridgehead atoms. The van der Waals surface area contributed by atoms with Crippen molar-refractivity contribution in [3.8, 4) is 0 Å². The third-order valence-electron chi connectivity index (χ3n) is 4.63. The van der Waals surface area contributed by atoms with Gasteiger partial charge in [0.05, 0.1) is 0 Å². The zero-order valence-corrected chi connectivity index (χ0v) is 11.4. The second-order valence-electron chi connectivity index (χ2n) is 6.18. The summed E-state index contributed by atoms with van der Waals surface area (Å²) in [6, 6.07) is -0.540. The van der Waals surface area contributed by atoms with Crippen molar-refractivity contribution in [1.82, 2.24) is 4.90 Å². The van der Waals surface area contributed by atoms with Gasteiger partial charge in [-0.25, -0.2) is 0 Å². The first-order chi connectivity index (χ1) is 9.02. The summed E-state index contributed by atoms with van der Waals surface area (Å²) >= 11 is 0. The van der Waals surface area contributed by atoms with E-state index in [0.717, 1.165) is 13.1 Å². The van der Waals surface area contributed by atoms with Crippen LogP contribution in [0.2, 0.25) is 0 Å². The molecule has 0 aromatic rings. The second-order valence-corrected chi connectivity index (χ2v) is 6.18. The molecule has 1 amide bonds. The molecule has 3 N–H and O–H groups in total. The molecule has 2 rings (SSSR count). The van der Waals surface area contributed by atoms with Gasteiger partial charge in [-0.15, -0.1) is 0 Å². The highest BCUT2D eigenvalue weighted by Crippen LogP contribution is 2.43. The van der Waals surface area contributed by atoms with Crippen LogP contribution in [0.1, 0.15) is 51.4 Å². The van der Waals surface area contributed by atoms with Gasteiger partial charge < -0.3 is 10.8 Å². The lowest BCUT2D eigenvalue weighted by Gasteiger charge is -2.52. The van der Waals surface area contributed by atoms with E-state index in [4.69, 9.17) is 5.73 Å². The highest BCUT2D eigenvalue weighted by molar-refractivity contribution is 5.77. The second kappa shape index (κ2) is 5.90. The Morgan fingerprint density at radius 2 is 1.74 bits per heavy atom. The fourth-order valence-corrected chi connectivity index (χ4v) is 3.57. The maximum absolute atomic E-state index is 11.3. The maximum Gasteiger partial charge on any atom is 0.320 e. The minimum absolute atomic E-state index is 0.153. The quantitative estimate of drug-likeness (QED) is 0.788. The number of likely N-dealkylation sites (tertiary alicyclic amines) is 1. The number of hydrogen-bond acceptors (Lipinski definition) is 3. The number of rotatable bonds is 5. The van der Waals surface area contributed by atoms with Crippen molar-refractivity contribution in [1.29, 1.82) is 0 Å². The Bertz CT molecular complexity index is 341. The van der Waals surface area contributed by atoms with Crippen LogP contribution in [0.5, 0.6) is 0 Å². The molecule has 0 radical (unpaired) electrons. The molecule has 19 heavy (non-hydrogen) atoms. The molecule has 5 nitrogen and oxygen atoms in total. The topological polar surface area (TPSA) is 83.6 Å². The van der Waals surface area contributed by atoms with Gasteiger partial charge in [0, 0.05) is 19.5 Å². The van der Waals surface area contributed by atoms with Gasteiger partial charge in [0.25, 0.3) is 0 Å². The van der Waals surface area contributed by atoms with E-state index in [1.54, 1.807) is 0 Å². The third kappa shape index (κ3) is 3.47. The maximum atomic E-state index is 11.3. The van der Waals surface area contributed by atoms with Crippen molar-refractivity contribution in [3.63, 3.8) is 0 Å². The molecule has 1 aliphatic carbocycles. The van der Waals surface area contributed by atoms with Crippen LogP contribution in [0.3, 0.4) is 0 Å². The number of amides is 1. The lowest BCUT2D eigenvalue weighted by Crippen LogP contribution is -2.61. The van der Waals surface area contributed by atoms with Crippen molar-refractivity contribution >= 4 is 11.9 Å². The first-order valence-corrected chi connectivity index (χ1v) is 7.28. The summed E-state index contributed by atoms with van der Waals surface area (Å²) in [5.41, 5.74) is 5.47. The molecule has 0 aromatic carbocycles. The summed E-state index contributed by atoms with van der Waals surface area (Å²) < 4.78 is 0. The van der Waals surface area contributed by atoms with Crippen molar-refractivity contribution < 1.29 is 14.7 Å². The minimum atomic E-state index is -0.829. The average molecular weight is 268 g/mol. The predicted molar refractivity (Wildman–Crippen MR) is 71.6 cm³/mol. The third-order valence-corrected chi connectivity index (χ3v) is 4.63. The average Bonchev–Trinajstić information content (AvgIpc) is 2.53. The molecule has 1 atom stereocenters. The molecule has 1 heterocycles.